The zero-order valence-electron chi connectivity index (χ0n) is 14.3. The Bertz CT molecular complexity index is 712. The Labute approximate surface area is 146 Å². The molecule has 25 heavy (non-hydrogen) atoms. The monoisotopic (exact) mass is 343 g/mol. The summed E-state index contributed by atoms with van der Waals surface area (Å²) in [6.45, 7) is 2.45. The number of ether oxygens (including phenoxy) is 3. The lowest BCUT2D eigenvalue weighted by molar-refractivity contribution is -0.118. The molecule has 1 amide bonds. The predicted octanol–water partition coefficient (Wildman–Crippen LogP) is 3.28. The van der Waals surface area contributed by atoms with E-state index in [9.17, 15) is 9.59 Å². The van der Waals surface area contributed by atoms with E-state index in [-0.39, 0.29) is 12.5 Å². The number of carbonyl (C=O) groups is 2. The third kappa shape index (κ3) is 5.53. The molecule has 0 saturated carbocycles. The largest absolute Gasteiger partial charge is 0.490 e. The van der Waals surface area contributed by atoms with E-state index in [4.69, 9.17) is 9.47 Å². The van der Waals surface area contributed by atoms with Crippen LogP contribution in [0, 0.1) is 0 Å². The molecule has 0 unspecified atom stereocenters. The molecule has 0 heterocycles. The van der Waals surface area contributed by atoms with Gasteiger partial charge in [0.05, 0.1) is 19.3 Å². The number of hydrogen-bond donors (Lipinski definition) is 1. The summed E-state index contributed by atoms with van der Waals surface area (Å²) in [5, 5.41) is 2.70. The van der Waals surface area contributed by atoms with E-state index in [0.717, 1.165) is 6.42 Å². The molecule has 2 aromatic rings. The summed E-state index contributed by atoms with van der Waals surface area (Å²) in [5.41, 5.74) is 0.982. The van der Waals surface area contributed by atoms with Crippen LogP contribution in [0.5, 0.6) is 11.5 Å². The molecule has 0 aliphatic carbocycles. The molecule has 0 aromatic heterocycles. The van der Waals surface area contributed by atoms with Crippen LogP contribution in [0.15, 0.2) is 48.5 Å². The van der Waals surface area contributed by atoms with Crippen molar-refractivity contribution >= 4 is 17.6 Å². The molecule has 0 fully saturated rings. The molecule has 2 aromatic carbocycles. The van der Waals surface area contributed by atoms with Gasteiger partial charge in [-0.05, 0) is 42.8 Å². The Morgan fingerprint density at radius 3 is 2.20 bits per heavy atom. The topological polar surface area (TPSA) is 73.9 Å². The second-order valence-electron chi connectivity index (χ2n) is 5.20. The molecular formula is C19H21NO5. The number of anilines is 1. The third-order valence-electron chi connectivity index (χ3n) is 3.26. The molecule has 0 atom stereocenters. The van der Waals surface area contributed by atoms with Gasteiger partial charge in [0, 0.05) is 5.69 Å². The van der Waals surface area contributed by atoms with E-state index < -0.39 is 5.97 Å². The molecule has 0 radical (unpaired) electrons. The molecule has 0 saturated heterocycles. The van der Waals surface area contributed by atoms with E-state index in [1.165, 1.54) is 7.11 Å². The van der Waals surface area contributed by atoms with Gasteiger partial charge >= 0.3 is 5.97 Å². The van der Waals surface area contributed by atoms with Crippen molar-refractivity contribution in [1.29, 1.82) is 0 Å². The van der Waals surface area contributed by atoms with Gasteiger partial charge in [-0.3, -0.25) is 4.79 Å². The quantitative estimate of drug-likeness (QED) is 0.745. The van der Waals surface area contributed by atoms with Crippen molar-refractivity contribution in [1.82, 2.24) is 0 Å². The fourth-order valence-electron chi connectivity index (χ4n) is 2.05. The van der Waals surface area contributed by atoms with Crippen LogP contribution in [0.4, 0.5) is 5.69 Å². The van der Waals surface area contributed by atoms with Gasteiger partial charge in [0.25, 0.3) is 5.91 Å². The Morgan fingerprint density at radius 2 is 1.60 bits per heavy atom. The molecule has 0 aliphatic heterocycles. The highest BCUT2D eigenvalue weighted by Gasteiger charge is 2.09. The van der Waals surface area contributed by atoms with Crippen LogP contribution in [0.2, 0.25) is 0 Å². The van der Waals surface area contributed by atoms with Gasteiger partial charge in [-0.1, -0.05) is 19.1 Å². The zero-order chi connectivity index (χ0) is 18.1. The first kappa shape index (κ1) is 18.3. The minimum absolute atomic E-state index is 0.148. The summed E-state index contributed by atoms with van der Waals surface area (Å²) >= 11 is 0. The number of amides is 1. The number of esters is 1. The second-order valence-corrected chi connectivity index (χ2v) is 5.20. The van der Waals surface area contributed by atoms with Gasteiger partial charge in [0.15, 0.2) is 18.1 Å². The molecule has 1 N–H and O–H groups in total. The molecule has 0 bridgehead atoms. The lowest BCUT2D eigenvalue weighted by Gasteiger charge is -2.12. The highest BCUT2D eigenvalue weighted by Crippen LogP contribution is 2.26. The van der Waals surface area contributed by atoms with Crippen molar-refractivity contribution in [2.75, 3.05) is 25.6 Å². The number of para-hydroxylation sites is 2. The maximum atomic E-state index is 12.0. The first-order valence-corrected chi connectivity index (χ1v) is 7.97. The number of nitrogens with one attached hydrogen (secondary N) is 1. The fourth-order valence-corrected chi connectivity index (χ4v) is 2.05. The SMILES string of the molecule is CCCOc1ccccc1OCC(=O)Nc1ccc(C(=O)OC)cc1. The number of methoxy groups -OCH3 is 1. The summed E-state index contributed by atoms with van der Waals surface area (Å²) in [5.74, 6) is 0.396. The van der Waals surface area contributed by atoms with Gasteiger partial charge in [-0.2, -0.15) is 0 Å². The van der Waals surface area contributed by atoms with Crippen molar-refractivity contribution in [3.05, 3.63) is 54.1 Å². The predicted molar refractivity (Wildman–Crippen MR) is 94.1 cm³/mol. The number of carbonyl (C=O) groups excluding carboxylic acids is 2. The molecule has 0 aliphatic rings. The minimum atomic E-state index is -0.426. The van der Waals surface area contributed by atoms with Crippen LogP contribution in [-0.4, -0.2) is 32.2 Å². The number of rotatable bonds is 8. The molecule has 6 heteroatoms. The van der Waals surface area contributed by atoms with Crippen LogP contribution >= 0.6 is 0 Å². The van der Waals surface area contributed by atoms with E-state index in [1.807, 2.05) is 19.1 Å². The maximum absolute atomic E-state index is 12.0. The van der Waals surface area contributed by atoms with E-state index in [1.54, 1.807) is 36.4 Å². The summed E-state index contributed by atoms with van der Waals surface area (Å²) < 4.78 is 15.7. The van der Waals surface area contributed by atoms with Crippen LogP contribution in [0.3, 0.4) is 0 Å². The number of hydrogen-bond acceptors (Lipinski definition) is 5. The van der Waals surface area contributed by atoms with Crippen molar-refractivity contribution in [2.45, 2.75) is 13.3 Å². The summed E-state index contributed by atoms with van der Waals surface area (Å²) in [4.78, 5) is 23.4. The average molecular weight is 343 g/mol. The molecule has 2 rings (SSSR count). The van der Waals surface area contributed by atoms with Crippen molar-refractivity contribution < 1.29 is 23.8 Å². The van der Waals surface area contributed by atoms with Gasteiger partial charge in [0.1, 0.15) is 0 Å². The Kier molecular flexibility index (Phi) is 6.83. The highest BCUT2D eigenvalue weighted by atomic mass is 16.5. The molecule has 0 spiro atoms. The number of benzene rings is 2. The van der Waals surface area contributed by atoms with Gasteiger partial charge < -0.3 is 19.5 Å². The minimum Gasteiger partial charge on any atom is -0.490 e. The standard InChI is InChI=1S/C19H21NO5/c1-3-12-24-16-6-4-5-7-17(16)25-13-18(21)20-15-10-8-14(9-11-15)19(22)23-2/h4-11H,3,12-13H2,1-2H3,(H,20,21). The Balaban J connectivity index is 1.90. The average Bonchev–Trinajstić information content (AvgIpc) is 2.65. The summed E-state index contributed by atoms with van der Waals surface area (Å²) in [7, 11) is 1.32. The van der Waals surface area contributed by atoms with E-state index in [2.05, 4.69) is 10.1 Å². The Morgan fingerprint density at radius 1 is 0.960 bits per heavy atom. The highest BCUT2D eigenvalue weighted by molar-refractivity contribution is 5.93. The molecular weight excluding hydrogens is 322 g/mol. The van der Waals surface area contributed by atoms with Crippen LogP contribution in [0.1, 0.15) is 23.7 Å². The lowest BCUT2D eigenvalue weighted by Crippen LogP contribution is -2.20. The Hall–Kier alpha value is -3.02. The third-order valence-corrected chi connectivity index (χ3v) is 3.26. The van der Waals surface area contributed by atoms with Gasteiger partial charge in [0.2, 0.25) is 0 Å². The van der Waals surface area contributed by atoms with Gasteiger partial charge in [-0.15, -0.1) is 0 Å². The maximum Gasteiger partial charge on any atom is 0.337 e. The normalized spacial score (nSPS) is 10.0. The first-order valence-electron chi connectivity index (χ1n) is 7.97. The zero-order valence-corrected chi connectivity index (χ0v) is 14.3. The first-order chi connectivity index (χ1) is 12.1. The summed E-state index contributed by atoms with van der Waals surface area (Å²) in [6, 6.07) is 13.6. The van der Waals surface area contributed by atoms with Crippen LogP contribution < -0.4 is 14.8 Å². The van der Waals surface area contributed by atoms with Crippen molar-refractivity contribution in [3.63, 3.8) is 0 Å². The smallest absolute Gasteiger partial charge is 0.337 e. The van der Waals surface area contributed by atoms with Crippen LogP contribution in [0.25, 0.3) is 0 Å². The second kappa shape index (κ2) is 9.32. The van der Waals surface area contributed by atoms with Crippen molar-refractivity contribution in [2.24, 2.45) is 0 Å². The van der Waals surface area contributed by atoms with Crippen LogP contribution in [-0.2, 0) is 9.53 Å². The molecule has 132 valence electrons. The van der Waals surface area contributed by atoms with Gasteiger partial charge in [-0.25, -0.2) is 4.79 Å². The molecule has 6 nitrogen and oxygen atoms in total. The lowest BCUT2D eigenvalue weighted by atomic mass is 10.2. The van der Waals surface area contributed by atoms with E-state index in [0.29, 0.717) is 29.4 Å². The summed E-state index contributed by atoms with van der Waals surface area (Å²) in [6.07, 6.45) is 0.885. The van der Waals surface area contributed by atoms with Crippen molar-refractivity contribution in [3.8, 4) is 11.5 Å². The fraction of sp³-hybridized carbons (Fsp3) is 0.263. The van der Waals surface area contributed by atoms with E-state index >= 15 is 0 Å².